The molecule has 2 N–H and O–H groups in total. The van der Waals surface area contributed by atoms with E-state index in [-0.39, 0.29) is 0 Å². The van der Waals surface area contributed by atoms with E-state index in [2.05, 4.69) is 15.1 Å². The maximum atomic E-state index is 5.49. The van der Waals surface area contributed by atoms with Crippen LogP contribution >= 0.6 is 0 Å². The highest BCUT2D eigenvalue weighted by molar-refractivity contribution is 5.11. The molecular formula is C9H11N5. The molecule has 0 atom stereocenters. The van der Waals surface area contributed by atoms with Crippen LogP contribution in [0.5, 0.6) is 0 Å². The zero-order chi connectivity index (χ0) is 9.80. The highest BCUT2D eigenvalue weighted by Crippen LogP contribution is 2.00. The summed E-state index contributed by atoms with van der Waals surface area (Å²) in [7, 11) is 0. The molecule has 0 unspecified atom stereocenters. The Hall–Kier alpha value is -1.75. The Bertz CT molecular complexity index is 395. The Labute approximate surface area is 81.6 Å². The van der Waals surface area contributed by atoms with Crippen LogP contribution in [0.4, 0.5) is 0 Å². The molecular weight excluding hydrogens is 178 g/mol. The lowest BCUT2D eigenvalue weighted by Gasteiger charge is -2.02. The average Bonchev–Trinajstić information content (AvgIpc) is 2.71. The van der Waals surface area contributed by atoms with Gasteiger partial charge >= 0.3 is 0 Å². The van der Waals surface area contributed by atoms with Crippen molar-refractivity contribution in [3.8, 4) is 0 Å². The lowest BCUT2D eigenvalue weighted by atomic mass is 10.3. The zero-order valence-electron chi connectivity index (χ0n) is 7.67. The molecule has 0 aliphatic rings. The van der Waals surface area contributed by atoms with Gasteiger partial charge in [-0.1, -0.05) is 6.07 Å². The summed E-state index contributed by atoms with van der Waals surface area (Å²) in [6.45, 7) is 1.10. The number of pyridine rings is 1. The summed E-state index contributed by atoms with van der Waals surface area (Å²) in [4.78, 5) is 8.21. The van der Waals surface area contributed by atoms with Gasteiger partial charge in [0.1, 0.15) is 12.7 Å². The van der Waals surface area contributed by atoms with Gasteiger partial charge in [0, 0.05) is 6.54 Å². The van der Waals surface area contributed by atoms with Gasteiger partial charge in [-0.25, -0.2) is 9.67 Å². The molecule has 0 aromatic carbocycles. The van der Waals surface area contributed by atoms with Gasteiger partial charge in [0.2, 0.25) is 0 Å². The highest BCUT2D eigenvalue weighted by Gasteiger charge is 1.97. The van der Waals surface area contributed by atoms with Crippen LogP contribution in [0.2, 0.25) is 0 Å². The second kappa shape index (κ2) is 3.97. The number of aromatic nitrogens is 4. The first-order valence-corrected chi connectivity index (χ1v) is 4.36. The summed E-state index contributed by atoms with van der Waals surface area (Å²) in [5, 5.41) is 4.00. The molecule has 0 radical (unpaired) electrons. The minimum atomic E-state index is 0.463. The van der Waals surface area contributed by atoms with Crippen molar-refractivity contribution >= 4 is 0 Å². The van der Waals surface area contributed by atoms with E-state index in [1.165, 1.54) is 6.33 Å². The Morgan fingerprint density at radius 2 is 2.14 bits per heavy atom. The van der Waals surface area contributed by atoms with Gasteiger partial charge in [-0.3, -0.25) is 4.98 Å². The predicted octanol–water partition coefficient (Wildman–Crippen LogP) is 0.180. The van der Waals surface area contributed by atoms with E-state index in [9.17, 15) is 0 Å². The van der Waals surface area contributed by atoms with E-state index in [0.29, 0.717) is 13.1 Å². The molecule has 72 valence electrons. The quantitative estimate of drug-likeness (QED) is 0.747. The summed E-state index contributed by atoms with van der Waals surface area (Å²) < 4.78 is 1.72. The van der Waals surface area contributed by atoms with Crippen LogP contribution in [0.25, 0.3) is 0 Å². The van der Waals surface area contributed by atoms with Crippen molar-refractivity contribution in [1.82, 2.24) is 19.7 Å². The lowest BCUT2D eigenvalue weighted by molar-refractivity contribution is 0.667. The Morgan fingerprint density at radius 1 is 1.29 bits per heavy atom. The fraction of sp³-hybridized carbons (Fsp3) is 0.222. The van der Waals surface area contributed by atoms with Crippen molar-refractivity contribution in [3.05, 3.63) is 42.2 Å². The van der Waals surface area contributed by atoms with Gasteiger partial charge in [-0.05, 0) is 12.1 Å². The SMILES string of the molecule is NCc1cccc(Cn2cncn2)n1. The average molecular weight is 189 g/mol. The molecule has 5 nitrogen and oxygen atoms in total. The molecule has 2 aromatic heterocycles. The van der Waals surface area contributed by atoms with E-state index in [1.807, 2.05) is 18.2 Å². The summed E-state index contributed by atoms with van der Waals surface area (Å²) in [6.07, 6.45) is 3.17. The van der Waals surface area contributed by atoms with Gasteiger partial charge < -0.3 is 5.73 Å². The molecule has 0 aliphatic heterocycles. The molecule has 0 fully saturated rings. The van der Waals surface area contributed by atoms with Gasteiger partial charge in [-0.2, -0.15) is 5.10 Å². The van der Waals surface area contributed by atoms with Crippen molar-refractivity contribution in [3.63, 3.8) is 0 Å². The van der Waals surface area contributed by atoms with Gasteiger partial charge in [-0.15, -0.1) is 0 Å². The van der Waals surface area contributed by atoms with Gasteiger partial charge in [0.15, 0.2) is 0 Å². The van der Waals surface area contributed by atoms with Crippen LogP contribution < -0.4 is 5.73 Å². The Morgan fingerprint density at radius 3 is 2.86 bits per heavy atom. The summed E-state index contributed by atoms with van der Waals surface area (Å²) in [5.74, 6) is 0. The standard InChI is InChI=1S/C9H11N5/c10-4-8-2-1-3-9(13-8)5-14-7-11-6-12-14/h1-3,6-7H,4-5,10H2. The largest absolute Gasteiger partial charge is 0.325 e. The Balaban J connectivity index is 2.17. The number of nitrogens with zero attached hydrogens (tertiary/aromatic N) is 4. The van der Waals surface area contributed by atoms with Crippen LogP contribution in [-0.4, -0.2) is 19.7 Å². The van der Waals surface area contributed by atoms with Crippen LogP contribution in [0, 0.1) is 0 Å². The van der Waals surface area contributed by atoms with E-state index in [0.717, 1.165) is 11.4 Å². The van der Waals surface area contributed by atoms with Crippen LogP contribution in [0.3, 0.4) is 0 Å². The topological polar surface area (TPSA) is 69.6 Å². The van der Waals surface area contributed by atoms with Crippen molar-refractivity contribution in [1.29, 1.82) is 0 Å². The normalized spacial score (nSPS) is 10.4. The van der Waals surface area contributed by atoms with E-state index < -0.39 is 0 Å². The number of rotatable bonds is 3. The van der Waals surface area contributed by atoms with Crippen molar-refractivity contribution in [2.45, 2.75) is 13.1 Å². The highest BCUT2D eigenvalue weighted by atomic mass is 15.3. The molecule has 2 aromatic rings. The van der Waals surface area contributed by atoms with E-state index in [1.54, 1.807) is 11.0 Å². The maximum Gasteiger partial charge on any atom is 0.137 e. The first-order valence-electron chi connectivity index (χ1n) is 4.36. The number of nitrogens with two attached hydrogens (primary N) is 1. The summed E-state index contributed by atoms with van der Waals surface area (Å²) >= 11 is 0. The molecule has 0 spiro atoms. The minimum Gasteiger partial charge on any atom is -0.325 e. The van der Waals surface area contributed by atoms with Gasteiger partial charge in [0.05, 0.1) is 17.9 Å². The second-order valence-electron chi connectivity index (χ2n) is 2.92. The molecule has 2 heterocycles. The fourth-order valence-electron chi connectivity index (χ4n) is 1.21. The molecule has 0 saturated heterocycles. The number of hydrogen-bond acceptors (Lipinski definition) is 4. The molecule has 0 aliphatic carbocycles. The maximum absolute atomic E-state index is 5.49. The second-order valence-corrected chi connectivity index (χ2v) is 2.92. The predicted molar refractivity (Wildman–Crippen MR) is 51.3 cm³/mol. The zero-order valence-corrected chi connectivity index (χ0v) is 7.67. The van der Waals surface area contributed by atoms with Crippen LogP contribution in [-0.2, 0) is 13.1 Å². The first kappa shape index (κ1) is 8.83. The van der Waals surface area contributed by atoms with Crippen LogP contribution in [0.15, 0.2) is 30.9 Å². The molecule has 2 rings (SSSR count). The first-order chi connectivity index (χ1) is 6.88. The molecule has 5 heteroatoms. The summed E-state index contributed by atoms with van der Waals surface area (Å²) in [5.41, 5.74) is 7.33. The molecule has 14 heavy (non-hydrogen) atoms. The monoisotopic (exact) mass is 189 g/mol. The van der Waals surface area contributed by atoms with Crippen molar-refractivity contribution in [2.75, 3.05) is 0 Å². The summed E-state index contributed by atoms with van der Waals surface area (Å²) in [6, 6.07) is 5.80. The molecule has 0 amide bonds. The third-order valence-corrected chi connectivity index (χ3v) is 1.86. The van der Waals surface area contributed by atoms with E-state index >= 15 is 0 Å². The van der Waals surface area contributed by atoms with Crippen LogP contribution in [0.1, 0.15) is 11.4 Å². The van der Waals surface area contributed by atoms with E-state index in [4.69, 9.17) is 5.73 Å². The number of hydrogen-bond donors (Lipinski definition) is 1. The third kappa shape index (κ3) is 1.94. The van der Waals surface area contributed by atoms with Gasteiger partial charge in [0.25, 0.3) is 0 Å². The third-order valence-electron chi connectivity index (χ3n) is 1.86. The van der Waals surface area contributed by atoms with Crippen molar-refractivity contribution < 1.29 is 0 Å². The lowest BCUT2D eigenvalue weighted by Crippen LogP contribution is -2.05. The van der Waals surface area contributed by atoms with Crippen molar-refractivity contribution in [2.24, 2.45) is 5.73 Å². The minimum absolute atomic E-state index is 0.463. The fourth-order valence-corrected chi connectivity index (χ4v) is 1.21. The smallest absolute Gasteiger partial charge is 0.137 e. The Kier molecular flexibility index (Phi) is 2.51. The molecule has 0 bridgehead atoms. The molecule has 0 saturated carbocycles.